The molecule has 1 saturated heterocycles. The molecule has 13 heteroatoms. The molecule has 1 aliphatic heterocycles. The number of benzene rings is 2. The number of rotatable bonds is 10. The number of aromatic amines is 1. The van der Waals surface area contributed by atoms with Crippen molar-refractivity contribution in [1.82, 2.24) is 15.4 Å². The van der Waals surface area contributed by atoms with E-state index >= 15 is 0 Å². The number of H-pyrrole nitrogens is 1. The van der Waals surface area contributed by atoms with Crippen molar-refractivity contribution in [3.8, 4) is 17.2 Å². The summed E-state index contributed by atoms with van der Waals surface area (Å²) in [6.45, 7) is 1.28. The predicted octanol–water partition coefficient (Wildman–Crippen LogP) is 4.89. The summed E-state index contributed by atoms with van der Waals surface area (Å²) in [6.07, 6.45) is 4.18. The highest BCUT2D eigenvalue weighted by atomic mass is 32.2. The number of anilines is 3. The van der Waals surface area contributed by atoms with Crippen LogP contribution in [0.1, 0.15) is 48.8 Å². The van der Waals surface area contributed by atoms with E-state index in [0.29, 0.717) is 40.7 Å². The van der Waals surface area contributed by atoms with Gasteiger partial charge in [0.05, 0.1) is 39.0 Å². The molecule has 6 rings (SSSR count). The largest absolute Gasteiger partial charge is 0.495 e. The van der Waals surface area contributed by atoms with Crippen LogP contribution < -0.4 is 24.2 Å². The Morgan fingerprint density at radius 2 is 1.70 bits per heavy atom. The molecule has 0 spiro atoms. The number of nitrogens with zero attached hydrogens (tertiary/aromatic N) is 2. The minimum absolute atomic E-state index is 0.00417. The average molecular weight is 570 g/mol. The van der Waals surface area contributed by atoms with E-state index in [1.807, 2.05) is 6.07 Å². The Kier molecular flexibility index (Phi) is 6.92. The molecule has 2 fully saturated rings. The second kappa shape index (κ2) is 10.5. The second-order valence-electron chi connectivity index (χ2n) is 9.96. The highest BCUT2D eigenvalue weighted by Gasteiger charge is 2.30. The summed E-state index contributed by atoms with van der Waals surface area (Å²) in [5, 5.41) is 15.0. The van der Waals surface area contributed by atoms with Crippen LogP contribution >= 0.6 is 0 Å². The fourth-order valence-corrected chi connectivity index (χ4v) is 6.35. The second-order valence-corrected chi connectivity index (χ2v) is 11.6. The Bertz CT molecular complexity index is 1610. The van der Waals surface area contributed by atoms with Crippen LogP contribution in [0.3, 0.4) is 0 Å². The maximum absolute atomic E-state index is 13.7. The Hall–Kier alpha value is -3.97. The number of hydrogen-bond donors (Lipinski definition) is 3. The Morgan fingerprint density at radius 3 is 2.35 bits per heavy atom. The summed E-state index contributed by atoms with van der Waals surface area (Å²) in [5.74, 6) is 2.08. The normalized spacial score (nSPS) is 17.5. The van der Waals surface area contributed by atoms with Crippen LogP contribution in [0.5, 0.6) is 17.2 Å². The lowest BCUT2D eigenvalue weighted by Crippen LogP contribution is -2.18. The molecule has 0 amide bonds. The quantitative estimate of drug-likeness (QED) is 0.241. The van der Waals surface area contributed by atoms with E-state index in [9.17, 15) is 8.42 Å². The first kappa shape index (κ1) is 26.3. The van der Waals surface area contributed by atoms with E-state index in [1.54, 1.807) is 24.3 Å². The molecule has 1 atom stereocenters. The number of hydrogen-bond acceptors (Lipinski definition) is 10. The van der Waals surface area contributed by atoms with Gasteiger partial charge in [0.2, 0.25) is 0 Å². The van der Waals surface area contributed by atoms with Crippen LogP contribution in [0.2, 0.25) is 0 Å². The molecule has 0 unspecified atom stereocenters. The van der Waals surface area contributed by atoms with Crippen LogP contribution in [0.4, 0.5) is 17.3 Å². The van der Waals surface area contributed by atoms with Crippen LogP contribution in [-0.4, -0.2) is 58.3 Å². The molecule has 1 aliphatic carbocycles. The molecule has 3 heterocycles. The molecule has 212 valence electrons. The number of ether oxygens (including phenoxy) is 4. The molecular weight excluding hydrogens is 538 g/mol. The van der Waals surface area contributed by atoms with Crippen molar-refractivity contribution in [1.29, 1.82) is 0 Å². The third-order valence-electron chi connectivity index (χ3n) is 7.28. The molecule has 0 bridgehead atoms. The average Bonchev–Trinajstić information content (AvgIpc) is 3.61. The van der Waals surface area contributed by atoms with Crippen LogP contribution in [0, 0.1) is 0 Å². The summed E-state index contributed by atoms with van der Waals surface area (Å²) in [6, 6.07) is 8.76. The third-order valence-corrected chi connectivity index (χ3v) is 8.69. The molecule has 40 heavy (non-hydrogen) atoms. The van der Waals surface area contributed by atoms with Gasteiger partial charge in [-0.3, -0.25) is 9.82 Å². The van der Waals surface area contributed by atoms with Gasteiger partial charge in [0.25, 0.3) is 10.0 Å². The predicted molar refractivity (Wildman–Crippen MR) is 148 cm³/mol. The molecule has 1 saturated carbocycles. The molecule has 2 aromatic heterocycles. The SMILES string of the molecule is COc1cc2c(NS(=O)(=O)c3c(OC)cc([C@@H]4CCCOC4)cc3OC)noc2cc1Nc1cc(C2CC2)[nH]n1. The number of fused-ring (bicyclic) bond motifs is 1. The highest BCUT2D eigenvalue weighted by Crippen LogP contribution is 2.42. The van der Waals surface area contributed by atoms with Crippen molar-refractivity contribution in [2.75, 3.05) is 44.6 Å². The van der Waals surface area contributed by atoms with E-state index in [1.165, 1.54) is 21.3 Å². The number of methoxy groups -OCH3 is 3. The molecule has 12 nitrogen and oxygen atoms in total. The first-order valence-corrected chi connectivity index (χ1v) is 14.5. The molecule has 4 aromatic rings. The summed E-state index contributed by atoms with van der Waals surface area (Å²) in [5.41, 5.74) is 2.93. The molecule has 2 aliphatic rings. The Labute approximate surface area is 231 Å². The number of nitrogens with one attached hydrogen (secondary N) is 3. The van der Waals surface area contributed by atoms with Gasteiger partial charge in [0.1, 0.15) is 17.2 Å². The minimum atomic E-state index is -4.21. The maximum Gasteiger partial charge on any atom is 0.270 e. The van der Waals surface area contributed by atoms with Crippen molar-refractivity contribution >= 4 is 38.3 Å². The molecule has 0 radical (unpaired) electrons. The molecular formula is C27H31N5O7S. The highest BCUT2D eigenvalue weighted by molar-refractivity contribution is 7.93. The van der Waals surface area contributed by atoms with E-state index < -0.39 is 10.0 Å². The van der Waals surface area contributed by atoms with Crippen molar-refractivity contribution in [3.63, 3.8) is 0 Å². The zero-order valence-corrected chi connectivity index (χ0v) is 23.3. The van der Waals surface area contributed by atoms with E-state index in [-0.39, 0.29) is 28.1 Å². The number of aromatic nitrogens is 3. The van der Waals surface area contributed by atoms with Crippen molar-refractivity contribution < 1.29 is 31.9 Å². The van der Waals surface area contributed by atoms with Crippen LogP contribution in [-0.2, 0) is 14.8 Å². The van der Waals surface area contributed by atoms with Gasteiger partial charge in [-0.15, -0.1) is 0 Å². The lowest BCUT2D eigenvalue weighted by atomic mass is 9.93. The summed E-state index contributed by atoms with van der Waals surface area (Å²) in [4.78, 5) is -0.135. The molecule has 2 aromatic carbocycles. The fourth-order valence-electron chi connectivity index (χ4n) is 5.03. The lowest BCUT2D eigenvalue weighted by Gasteiger charge is -2.24. The van der Waals surface area contributed by atoms with Gasteiger partial charge in [0.15, 0.2) is 22.1 Å². The maximum atomic E-state index is 13.7. The monoisotopic (exact) mass is 569 g/mol. The zero-order chi connectivity index (χ0) is 27.9. The van der Waals surface area contributed by atoms with E-state index in [4.69, 9.17) is 23.5 Å². The van der Waals surface area contributed by atoms with Gasteiger partial charge in [0, 0.05) is 36.3 Å². The van der Waals surface area contributed by atoms with Gasteiger partial charge in [-0.1, -0.05) is 5.16 Å². The topological polar surface area (TPSA) is 150 Å². The van der Waals surface area contributed by atoms with Crippen LogP contribution in [0.25, 0.3) is 11.0 Å². The summed E-state index contributed by atoms with van der Waals surface area (Å²) in [7, 11) is 0.163. The van der Waals surface area contributed by atoms with Gasteiger partial charge in [-0.05, 0) is 49.4 Å². The minimum Gasteiger partial charge on any atom is -0.495 e. The first-order chi connectivity index (χ1) is 19.4. The zero-order valence-electron chi connectivity index (χ0n) is 22.4. The van der Waals surface area contributed by atoms with Gasteiger partial charge < -0.3 is 28.8 Å². The smallest absolute Gasteiger partial charge is 0.270 e. The summed E-state index contributed by atoms with van der Waals surface area (Å²) >= 11 is 0. The lowest BCUT2D eigenvalue weighted by molar-refractivity contribution is 0.0803. The standard InChI is InChI=1S/C27H31N5O7S/c1-35-22-11-18-21(12-20(22)28-25-13-19(29-30-25)15-6-7-15)39-31-27(18)32-40(33,34)26-23(36-2)9-17(10-24(26)37-3)16-5-4-8-38-14-16/h9-13,15-16H,4-8,14H2,1-3H3,(H,31,32)(H2,28,29,30)/t16-/m1/s1. The molecule has 3 N–H and O–H groups in total. The van der Waals surface area contributed by atoms with E-state index in [0.717, 1.165) is 43.5 Å². The third kappa shape index (κ3) is 5.02. The first-order valence-electron chi connectivity index (χ1n) is 13.1. The Morgan fingerprint density at radius 1 is 0.950 bits per heavy atom. The van der Waals surface area contributed by atoms with Gasteiger partial charge in [-0.2, -0.15) is 5.10 Å². The van der Waals surface area contributed by atoms with Gasteiger partial charge in [-0.25, -0.2) is 8.42 Å². The summed E-state index contributed by atoms with van der Waals surface area (Å²) < 4.78 is 57.6. The van der Waals surface area contributed by atoms with Crippen molar-refractivity contribution in [2.24, 2.45) is 0 Å². The Balaban J connectivity index is 1.31. The van der Waals surface area contributed by atoms with Gasteiger partial charge >= 0.3 is 0 Å². The number of sulfonamides is 1. The fraction of sp³-hybridized carbons (Fsp3) is 0.407. The van der Waals surface area contributed by atoms with Crippen molar-refractivity contribution in [3.05, 3.63) is 41.6 Å². The van der Waals surface area contributed by atoms with Crippen LogP contribution in [0.15, 0.2) is 39.8 Å². The van der Waals surface area contributed by atoms with Crippen molar-refractivity contribution in [2.45, 2.75) is 42.4 Å². The van der Waals surface area contributed by atoms with E-state index in [2.05, 4.69) is 25.4 Å².